The van der Waals surface area contributed by atoms with Gasteiger partial charge in [0.2, 0.25) is 0 Å². The van der Waals surface area contributed by atoms with Crippen LogP contribution in [0.3, 0.4) is 0 Å². The van der Waals surface area contributed by atoms with Crippen molar-refractivity contribution in [1.29, 1.82) is 0 Å². The molecule has 0 saturated heterocycles. The third kappa shape index (κ3) is 6.21. The van der Waals surface area contributed by atoms with E-state index in [1.165, 1.54) is 0 Å². The maximum absolute atomic E-state index is 8.53. The van der Waals surface area contributed by atoms with Gasteiger partial charge in [-0.05, 0) is 6.42 Å². The number of rotatable bonds is 2. The first-order valence-corrected chi connectivity index (χ1v) is 2.58. The minimum atomic E-state index is -0.299. The van der Waals surface area contributed by atoms with Gasteiger partial charge in [-0.25, -0.2) is 0 Å². The minimum absolute atomic E-state index is 0. The van der Waals surface area contributed by atoms with Gasteiger partial charge >= 0.3 is 0 Å². The van der Waals surface area contributed by atoms with Gasteiger partial charge in [-0.1, -0.05) is 6.92 Å². The van der Waals surface area contributed by atoms with Crippen molar-refractivity contribution in [2.75, 3.05) is 5.88 Å². The largest absolute Gasteiger partial charge is 0.392 e. The summed E-state index contributed by atoms with van der Waals surface area (Å²) in [7, 11) is 0. The molecular weight excluding hydrogens is 114 g/mol. The van der Waals surface area contributed by atoms with Crippen LogP contribution < -0.4 is 6.15 Å². The molecule has 0 saturated carbocycles. The Kier molecular flexibility index (Phi) is 9.09. The maximum Gasteiger partial charge on any atom is 0.0672 e. The summed E-state index contributed by atoms with van der Waals surface area (Å²) >= 11 is 5.20. The van der Waals surface area contributed by atoms with Crippen LogP contribution in [0.25, 0.3) is 0 Å². The van der Waals surface area contributed by atoms with Crippen LogP contribution in [0.15, 0.2) is 0 Å². The smallest absolute Gasteiger partial charge is 0.0672 e. The van der Waals surface area contributed by atoms with Crippen molar-refractivity contribution >= 4 is 11.6 Å². The molecule has 0 radical (unpaired) electrons. The molecule has 2 nitrogen and oxygen atoms in total. The zero-order valence-electron chi connectivity index (χ0n) is 4.52. The van der Waals surface area contributed by atoms with E-state index in [9.17, 15) is 0 Å². The molecule has 0 rings (SSSR count). The normalized spacial score (nSPS) is 12.4. The van der Waals surface area contributed by atoms with Crippen molar-refractivity contribution in [3.8, 4) is 0 Å². The van der Waals surface area contributed by atoms with Gasteiger partial charge in [0.15, 0.2) is 0 Å². The number of halogens is 1. The van der Waals surface area contributed by atoms with Gasteiger partial charge in [0, 0.05) is 5.88 Å². The number of aliphatic hydroxyl groups is 1. The van der Waals surface area contributed by atoms with E-state index in [4.69, 9.17) is 16.7 Å². The zero-order chi connectivity index (χ0) is 4.99. The Bertz CT molecular complexity index is 30.9. The average Bonchev–Trinajstić information content (AvgIpc) is 1.65. The number of hydrogen-bond acceptors (Lipinski definition) is 2. The Balaban J connectivity index is 0. The zero-order valence-corrected chi connectivity index (χ0v) is 5.28. The fraction of sp³-hybridized carbons (Fsp3) is 1.00. The highest BCUT2D eigenvalue weighted by atomic mass is 35.5. The van der Waals surface area contributed by atoms with Crippen LogP contribution in [0.2, 0.25) is 0 Å². The summed E-state index contributed by atoms with van der Waals surface area (Å²) in [6.45, 7) is 1.90. The van der Waals surface area contributed by atoms with Gasteiger partial charge in [0.1, 0.15) is 0 Å². The van der Waals surface area contributed by atoms with Crippen molar-refractivity contribution in [2.45, 2.75) is 19.4 Å². The van der Waals surface area contributed by atoms with Crippen LogP contribution in [0.4, 0.5) is 0 Å². The second-order valence-corrected chi connectivity index (χ2v) is 1.52. The second kappa shape index (κ2) is 6.21. The van der Waals surface area contributed by atoms with E-state index in [1.54, 1.807) is 0 Å². The average molecular weight is 126 g/mol. The van der Waals surface area contributed by atoms with Gasteiger partial charge in [0.05, 0.1) is 6.10 Å². The van der Waals surface area contributed by atoms with Crippen molar-refractivity contribution < 1.29 is 5.11 Å². The molecule has 0 fully saturated rings. The van der Waals surface area contributed by atoms with Gasteiger partial charge in [-0.15, -0.1) is 11.6 Å². The quantitative estimate of drug-likeness (QED) is 0.544. The van der Waals surface area contributed by atoms with Crippen LogP contribution >= 0.6 is 11.6 Å². The lowest BCUT2D eigenvalue weighted by atomic mass is 10.3. The van der Waals surface area contributed by atoms with Crippen LogP contribution in [0, 0.1) is 0 Å². The summed E-state index contributed by atoms with van der Waals surface area (Å²) in [5.74, 6) is 0.358. The van der Waals surface area contributed by atoms with Crippen LogP contribution in [-0.2, 0) is 0 Å². The fourth-order valence-corrected chi connectivity index (χ4v) is 0.327. The molecule has 0 heterocycles. The molecule has 0 aliphatic rings. The topological polar surface area (TPSA) is 55.2 Å². The van der Waals surface area contributed by atoms with Crippen molar-refractivity contribution in [1.82, 2.24) is 6.15 Å². The van der Waals surface area contributed by atoms with E-state index in [1.807, 2.05) is 6.92 Å². The molecule has 1 unspecified atom stereocenters. The predicted octanol–water partition coefficient (Wildman–Crippen LogP) is 1.16. The molecule has 7 heavy (non-hydrogen) atoms. The van der Waals surface area contributed by atoms with Crippen LogP contribution in [-0.4, -0.2) is 17.1 Å². The van der Waals surface area contributed by atoms with Gasteiger partial charge < -0.3 is 11.3 Å². The molecule has 1 atom stereocenters. The molecule has 0 spiro atoms. The third-order valence-electron chi connectivity index (χ3n) is 0.649. The molecule has 0 aromatic rings. The third-order valence-corrected chi connectivity index (χ3v) is 1.01. The highest BCUT2D eigenvalue weighted by Crippen LogP contribution is 1.90. The monoisotopic (exact) mass is 125 g/mol. The lowest BCUT2D eigenvalue weighted by Gasteiger charge is -1.96. The SMILES string of the molecule is CCC(O)CCl.N. The second-order valence-electron chi connectivity index (χ2n) is 1.22. The molecule has 0 aromatic carbocycles. The maximum atomic E-state index is 8.53. The van der Waals surface area contributed by atoms with Crippen LogP contribution in [0.1, 0.15) is 13.3 Å². The highest BCUT2D eigenvalue weighted by Gasteiger charge is 1.92. The first kappa shape index (κ1) is 10.2. The van der Waals surface area contributed by atoms with Crippen molar-refractivity contribution in [2.24, 2.45) is 0 Å². The summed E-state index contributed by atoms with van der Waals surface area (Å²) in [6, 6.07) is 0. The van der Waals surface area contributed by atoms with E-state index in [0.717, 1.165) is 6.42 Å². The highest BCUT2D eigenvalue weighted by molar-refractivity contribution is 6.18. The minimum Gasteiger partial charge on any atom is -0.392 e. The van der Waals surface area contributed by atoms with E-state index >= 15 is 0 Å². The Hall–Kier alpha value is 0.210. The fourth-order valence-electron chi connectivity index (χ4n) is 0.109. The number of aliphatic hydroxyl groups excluding tert-OH is 1. The Morgan fingerprint density at radius 3 is 2.14 bits per heavy atom. The summed E-state index contributed by atoms with van der Waals surface area (Å²) in [6.07, 6.45) is 0.454. The Labute approximate surface area is 49.1 Å². The molecule has 3 heteroatoms. The molecule has 0 aromatic heterocycles. The summed E-state index contributed by atoms with van der Waals surface area (Å²) < 4.78 is 0. The number of hydrogen-bond donors (Lipinski definition) is 2. The molecule has 0 bridgehead atoms. The van der Waals surface area contributed by atoms with E-state index in [-0.39, 0.29) is 12.3 Å². The van der Waals surface area contributed by atoms with Crippen LogP contribution in [0.5, 0.6) is 0 Å². The van der Waals surface area contributed by atoms with Gasteiger partial charge in [-0.3, -0.25) is 0 Å². The van der Waals surface area contributed by atoms with Crippen molar-refractivity contribution in [3.05, 3.63) is 0 Å². The predicted molar refractivity (Wildman–Crippen MR) is 32.0 cm³/mol. The van der Waals surface area contributed by atoms with E-state index in [0.29, 0.717) is 5.88 Å². The summed E-state index contributed by atoms with van der Waals surface area (Å²) in [5.41, 5.74) is 0. The Morgan fingerprint density at radius 1 is 1.71 bits per heavy atom. The lowest BCUT2D eigenvalue weighted by molar-refractivity contribution is 0.194. The molecule has 0 amide bonds. The molecular formula is C4H12ClNO. The lowest BCUT2D eigenvalue weighted by Crippen LogP contribution is -2.04. The van der Waals surface area contributed by atoms with E-state index < -0.39 is 0 Å². The van der Waals surface area contributed by atoms with E-state index in [2.05, 4.69) is 0 Å². The van der Waals surface area contributed by atoms with Gasteiger partial charge in [-0.2, -0.15) is 0 Å². The standard InChI is InChI=1S/C4H9ClO.H3N/c1-2-4(6)3-5;/h4,6H,2-3H2,1H3;1H3. The molecule has 4 N–H and O–H groups in total. The number of alkyl halides is 1. The summed E-state index contributed by atoms with van der Waals surface area (Å²) in [4.78, 5) is 0. The molecule has 0 aliphatic carbocycles. The first-order valence-electron chi connectivity index (χ1n) is 2.05. The molecule has 46 valence electrons. The molecule has 0 aliphatic heterocycles. The summed E-state index contributed by atoms with van der Waals surface area (Å²) in [5, 5.41) is 8.53. The first-order chi connectivity index (χ1) is 2.81. The van der Waals surface area contributed by atoms with Gasteiger partial charge in [0.25, 0.3) is 0 Å². The Morgan fingerprint density at radius 2 is 2.14 bits per heavy atom. The van der Waals surface area contributed by atoms with Crippen molar-refractivity contribution in [3.63, 3.8) is 0 Å².